The molecule has 0 saturated carbocycles. The Morgan fingerprint density at radius 1 is 1.29 bits per heavy atom. The Balaban J connectivity index is 2.67. The highest BCUT2D eigenvalue weighted by atomic mass is 79.9. The van der Waals surface area contributed by atoms with E-state index in [1.54, 1.807) is 12.1 Å². The van der Waals surface area contributed by atoms with Crippen LogP contribution in [-0.2, 0) is 0 Å². The van der Waals surface area contributed by atoms with Crippen LogP contribution in [0.25, 0.3) is 5.69 Å². The third kappa shape index (κ3) is 2.55. The Morgan fingerprint density at radius 3 is 2.53 bits per heavy atom. The maximum absolute atomic E-state index is 11.0. The SMILES string of the molecule is O=[N+]([O-])c1cc(Br)ccc1-n1nc(Br)nc1Br. The molecule has 0 fully saturated rings. The van der Waals surface area contributed by atoms with Gasteiger partial charge < -0.3 is 0 Å². The lowest BCUT2D eigenvalue weighted by atomic mass is 10.3. The second-order valence-electron chi connectivity index (χ2n) is 2.95. The average molecular weight is 427 g/mol. The van der Waals surface area contributed by atoms with Crippen LogP contribution in [0.2, 0.25) is 0 Å². The number of halogens is 3. The molecule has 6 nitrogen and oxygen atoms in total. The molecular formula is C8H3Br3N4O2. The molecule has 0 N–H and O–H groups in total. The molecule has 1 aromatic carbocycles. The summed E-state index contributed by atoms with van der Waals surface area (Å²) in [5, 5.41) is 15.0. The summed E-state index contributed by atoms with van der Waals surface area (Å²) in [6.07, 6.45) is 0. The van der Waals surface area contributed by atoms with Gasteiger partial charge in [-0.05, 0) is 44.0 Å². The van der Waals surface area contributed by atoms with Gasteiger partial charge >= 0.3 is 0 Å². The second kappa shape index (κ2) is 4.83. The van der Waals surface area contributed by atoms with Gasteiger partial charge in [-0.1, -0.05) is 15.9 Å². The van der Waals surface area contributed by atoms with Crippen molar-refractivity contribution in [1.82, 2.24) is 14.8 Å². The molecule has 0 unspecified atom stereocenters. The van der Waals surface area contributed by atoms with Gasteiger partial charge in [-0.3, -0.25) is 10.1 Å². The van der Waals surface area contributed by atoms with E-state index >= 15 is 0 Å². The van der Waals surface area contributed by atoms with Crippen LogP contribution in [0.15, 0.2) is 32.1 Å². The van der Waals surface area contributed by atoms with E-state index in [2.05, 4.69) is 57.9 Å². The van der Waals surface area contributed by atoms with Gasteiger partial charge in [-0.25, -0.2) is 0 Å². The minimum absolute atomic E-state index is 0.0579. The molecule has 0 bridgehead atoms. The van der Waals surface area contributed by atoms with Gasteiger partial charge in [0.2, 0.25) is 9.47 Å². The van der Waals surface area contributed by atoms with E-state index in [0.717, 1.165) is 0 Å². The molecule has 1 heterocycles. The largest absolute Gasteiger partial charge is 0.296 e. The van der Waals surface area contributed by atoms with Gasteiger partial charge in [0.15, 0.2) is 0 Å². The molecule has 0 aliphatic rings. The number of benzene rings is 1. The van der Waals surface area contributed by atoms with E-state index in [1.165, 1.54) is 10.7 Å². The lowest BCUT2D eigenvalue weighted by molar-refractivity contribution is -0.384. The summed E-state index contributed by atoms with van der Waals surface area (Å²) in [4.78, 5) is 14.5. The molecule has 0 saturated heterocycles. The summed E-state index contributed by atoms with van der Waals surface area (Å²) >= 11 is 9.47. The van der Waals surface area contributed by atoms with Crippen LogP contribution < -0.4 is 0 Å². The third-order valence-corrected chi connectivity index (χ3v) is 3.25. The number of hydrogen-bond acceptors (Lipinski definition) is 4. The topological polar surface area (TPSA) is 73.8 Å². The van der Waals surface area contributed by atoms with Crippen LogP contribution in [-0.4, -0.2) is 19.7 Å². The zero-order valence-corrected chi connectivity index (χ0v) is 12.7. The lowest BCUT2D eigenvalue weighted by Crippen LogP contribution is -2.02. The standard InChI is InChI=1S/C8H3Br3N4O2/c9-4-1-2-5(6(3-4)15(16)17)14-8(11)12-7(10)13-14/h1-3H. The summed E-state index contributed by atoms with van der Waals surface area (Å²) in [7, 11) is 0. The molecule has 0 spiro atoms. The highest BCUT2D eigenvalue weighted by Gasteiger charge is 2.19. The summed E-state index contributed by atoms with van der Waals surface area (Å²) < 4.78 is 2.70. The van der Waals surface area contributed by atoms with Crippen molar-refractivity contribution >= 4 is 53.5 Å². The number of aromatic nitrogens is 3. The minimum atomic E-state index is -0.470. The number of nitro groups is 1. The van der Waals surface area contributed by atoms with Gasteiger partial charge in [0.05, 0.1) is 4.92 Å². The van der Waals surface area contributed by atoms with Crippen LogP contribution in [0.5, 0.6) is 0 Å². The fourth-order valence-corrected chi connectivity index (χ4v) is 2.60. The Hall–Kier alpha value is -0.800. The molecule has 0 aliphatic carbocycles. The predicted octanol–water partition coefficient (Wildman–Crippen LogP) is 3.46. The summed E-state index contributed by atoms with van der Waals surface area (Å²) in [5.41, 5.74) is 0.278. The first-order chi connectivity index (χ1) is 7.99. The van der Waals surface area contributed by atoms with Crippen LogP contribution in [0.3, 0.4) is 0 Å². The van der Waals surface area contributed by atoms with Crippen molar-refractivity contribution in [2.45, 2.75) is 0 Å². The van der Waals surface area contributed by atoms with E-state index in [1.807, 2.05) is 0 Å². The summed E-state index contributed by atoms with van der Waals surface area (Å²) in [6.45, 7) is 0. The Morgan fingerprint density at radius 2 is 2.00 bits per heavy atom. The third-order valence-electron chi connectivity index (χ3n) is 1.90. The lowest BCUT2D eigenvalue weighted by Gasteiger charge is -2.03. The van der Waals surface area contributed by atoms with Crippen LogP contribution in [0, 0.1) is 10.1 Å². The molecule has 0 radical (unpaired) electrons. The molecule has 88 valence electrons. The van der Waals surface area contributed by atoms with E-state index < -0.39 is 4.92 Å². The molecule has 2 rings (SSSR count). The molecule has 2 aromatic rings. The molecular weight excluding hydrogens is 424 g/mol. The maximum atomic E-state index is 11.0. The van der Waals surface area contributed by atoms with Gasteiger partial charge in [0.25, 0.3) is 5.69 Å². The van der Waals surface area contributed by atoms with E-state index in [0.29, 0.717) is 19.6 Å². The van der Waals surface area contributed by atoms with Crippen molar-refractivity contribution in [3.05, 3.63) is 42.3 Å². The van der Waals surface area contributed by atoms with Crippen molar-refractivity contribution in [2.75, 3.05) is 0 Å². The van der Waals surface area contributed by atoms with Gasteiger partial charge in [-0.15, -0.1) is 5.10 Å². The van der Waals surface area contributed by atoms with Crippen LogP contribution >= 0.6 is 47.8 Å². The fraction of sp³-hybridized carbons (Fsp3) is 0. The number of nitro benzene ring substituents is 1. The molecule has 17 heavy (non-hydrogen) atoms. The van der Waals surface area contributed by atoms with Crippen molar-refractivity contribution in [3.63, 3.8) is 0 Å². The Kier molecular flexibility index (Phi) is 3.59. The summed E-state index contributed by atoms with van der Waals surface area (Å²) in [6, 6.07) is 4.70. The number of hydrogen-bond donors (Lipinski definition) is 0. The van der Waals surface area contributed by atoms with Crippen molar-refractivity contribution < 1.29 is 4.92 Å². The maximum Gasteiger partial charge on any atom is 0.296 e. The van der Waals surface area contributed by atoms with Crippen LogP contribution in [0.1, 0.15) is 0 Å². The van der Waals surface area contributed by atoms with Gasteiger partial charge in [0.1, 0.15) is 5.69 Å². The highest BCUT2D eigenvalue weighted by molar-refractivity contribution is 9.11. The molecule has 0 amide bonds. The molecule has 1 aromatic heterocycles. The van der Waals surface area contributed by atoms with E-state index in [9.17, 15) is 10.1 Å². The van der Waals surface area contributed by atoms with Crippen molar-refractivity contribution in [2.24, 2.45) is 0 Å². The van der Waals surface area contributed by atoms with Gasteiger partial charge in [0, 0.05) is 10.5 Å². The summed E-state index contributed by atoms with van der Waals surface area (Å²) in [5.74, 6) is 0. The smallest absolute Gasteiger partial charge is 0.258 e. The van der Waals surface area contributed by atoms with E-state index in [-0.39, 0.29) is 5.69 Å². The fourth-order valence-electron chi connectivity index (χ4n) is 1.24. The molecule has 9 heteroatoms. The normalized spacial score (nSPS) is 10.5. The monoisotopic (exact) mass is 424 g/mol. The van der Waals surface area contributed by atoms with Crippen LogP contribution in [0.4, 0.5) is 5.69 Å². The molecule has 0 atom stereocenters. The zero-order chi connectivity index (χ0) is 12.6. The van der Waals surface area contributed by atoms with E-state index in [4.69, 9.17) is 0 Å². The minimum Gasteiger partial charge on any atom is -0.258 e. The van der Waals surface area contributed by atoms with Gasteiger partial charge in [-0.2, -0.15) is 9.67 Å². The number of rotatable bonds is 2. The Bertz CT molecular complexity index is 598. The quantitative estimate of drug-likeness (QED) is 0.544. The second-order valence-corrected chi connectivity index (χ2v) is 5.29. The first-order valence-electron chi connectivity index (χ1n) is 4.21. The highest BCUT2D eigenvalue weighted by Crippen LogP contribution is 2.28. The van der Waals surface area contributed by atoms with Crippen molar-refractivity contribution in [1.29, 1.82) is 0 Å². The van der Waals surface area contributed by atoms with Crippen molar-refractivity contribution in [3.8, 4) is 5.69 Å². The first kappa shape index (κ1) is 12.7. The Labute approximate surface area is 121 Å². The zero-order valence-electron chi connectivity index (χ0n) is 7.97. The first-order valence-corrected chi connectivity index (χ1v) is 6.59. The average Bonchev–Trinajstić information content (AvgIpc) is 2.57. The molecule has 0 aliphatic heterocycles. The number of nitrogens with zero attached hydrogens (tertiary/aromatic N) is 4. The predicted molar refractivity (Wildman–Crippen MR) is 71.1 cm³/mol.